The fourth-order valence-electron chi connectivity index (χ4n) is 2.47. The van der Waals surface area contributed by atoms with Crippen molar-refractivity contribution in [3.05, 3.63) is 63.1 Å². The summed E-state index contributed by atoms with van der Waals surface area (Å²) < 4.78 is 33.2. The molecule has 3 rings (SSSR count). The number of hydrogen-bond donors (Lipinski definition) is 2. The van der Waals surface area contributed by atoms with E-state index in [1.165, 1.54) is 12.3 Å². The summed E-state index contributed by atoms with van der Waals surface area (Å²) in [6, 6.07) is 2.99. The van der Waals surface area contributed by atoms with Crippen molar-refractivity contribution >= 4 is 5.91 Å². The number of nitrogens with one attached hydrogen (secondary N) is 1. The molecule has 1 amide bonds. The van der Waals surface area contributed by atoms with E-state index in [0.29, 0.717) is 24.9 Å². The monoisotopic (exact) mass is 336 g/mol. The topological polar surface area (TPSA) is 80.6 Å². The van der Waals surface area contributed by atoms with Gasteiger partial charge >= 0.3 is 0 Å². The summed E-state index contributed by atoms with van der Waals surface area (Å²) in [7, 11) is 0. The van der Waals surface area contributed by atoms with Crippen molar-refractivity contribution in [3.8, 4) is 5.75 Å². The number of ether oxygens (including phenoxy) is 1. The Morgan fingerprint density at radius 2 is 2.17 bits per heavy atom. The molecule has 0 radical (unpaired) electrons. The molecule has 1 aromatic carbocycles. The maximum absolute atomic E-state index is 13.6. The number of carbonyl (C=O) groups is 1. The van der Waals surface area contributed by atoms with Crippen molar-refractivity contribution in [1.29, 1.82) is 0 Å². The van der Waals surface area contributed by atoms with Gasteiger partial charge in [-0.15, -0.1) is 0 Å². The van der Waals surface area contributed by atoms with Crippen LogP contribution in [0.15, 0.2) is 29.2 Å². The van der Waals surface area contributed by atoms with Gasteiger partial charge in [-0.25, -0.2) is 8.78 Å². The second kappa shape index (κ2) is 6.40. The van der Waals surface area contributed by atoms with Crippen LogP contribution >= 0.6 is 0 Å². The predicted molar refractivity (Wildman–Crippen MR) is 79.6 cm³/mol. The van der Waals surface area contributed by atoms with Gasteiger partial charge in [0.2, 0.25) is 5.43 Å². The van der Waals surface area contributed by atoms with Crippen molar-refractivity contribution in [3.63, 3.8) is 0 Å². The zero-order chi connectivity index (χ0) is 17.3. The molecule has 0 aliphatic carbocycles. The number of nitrogens with zero attached hydrogens (tertiary/aromatic N) is 1. The van der Waals surface area contributed by atoms with E-state index in [1.807, 2.05) is 0 Å². The molecule has 6 nitrogen and oxygen atoms in total. The van der Waals surface area contributed by atoms with Crippen molar-refractivity contribution in [2.24, 2.45) is 0 Å². The molecule has 24 heavy (non-hydrogen) atoms. The van der Waals surface area contributed by atoms with Gasteiger partial charge in [0.1, 0.15) is 17.2 Å². The van der Waals surface area contributed by atoms with Crippen LogP contribution in [0.3, 0.4) is 0 Å². The van der Waals surface area contributed by atoms with Gasteiger partial charge in [-0.3, -0.25) is 9.59 Å². The summed E-state index contributed by atoms with van der Waals surface area (Å²) in [6.07, 6.45) is 1.34. The van der Waals surface area contributed by atoms with Crippen LogP contribution in [-0.4, -0.2) is 22.2 Å². The predicted octanol–water partition coefficient (Wildman–Crippen LogP) is 1.29. The van der Waals surface area contributed by atoms with Crippen LogP contribution in [0.5, 0.6) is 5.75 Å². The minimum Gasteiger partial charge on any atom is -0.503 e. The van der Waals surface area contributed by atoms with Crippen molar-refractivity contribution in [2.45, 2.75) is 19.7 Å². The Bertz CT molecular complexity index is 864. The summed E-state index contributed by atoms with van der Waals surface area (Å²) in [5.74, 6) is -2.80. The Balaban J connectivity index is 1.82. The van der Waals surface area contributed by atoms with Gasteiger partial charge in [-0.1, -0.05) is 6.07 Å². The molecule has 1 aliphatic rings. The van der Waals surface area contributed by atoms with E-state index >= 15 is 0 Å². The Hall–Kier alpha value is -2.74. The number of aromatic hydroxyl groups is 1. The Morgan fingerprint density at radius 1 is 1.38 bits per heavy atom. The first-order valence-corrected chi connectivity index (χ1v) is 7.22. The number of fused-ring (bicyclic) bond motifs is 1. The highest BCUT2D eigenvalue weighted by molar-refractivity contribution is 5.94. The van der Waals surface area contributed by atoms with Crippen LogP contribution in [0.25, 0.3) is 0 Å². The molecule has 0 atom stereocenters. The van der Waals surface area contributed by atoms with E-state index in [-0.39, 0.29) is 24.3 Å². The lowest BCUT2D eigenvalue weighted by atomic mass is 10.1. The zero-order valence-corrected chi connectivity index (χ0v) is 12.5. The van der Waals surface area contributed by atoms with Gasteiger partial charge in [0, 0.05) is 30.9 Å². The molecule has 0 fully saturated rings. The van der Waals surface area contributed by atoms with Crippen LogP contribution in [0, 0.1) is 11.6 Å². The highest BCUT2D eigenvalue weighted by atomic mass is 19.1. The van der Waals surface area contributed by atoms with Gasteiger partial charge in [0.05, 0.1) is 18.9 Å². The van der Waals surface area contributed by atoms with Gasteiger partial charge in [0.25, 0.3) is 5.91 Å². The molecule has 0 unspecified atom stereocenters. The van der Waals surface area contributed by atoms with Crippen LogP contribution < -0.4 is 10.7 Å². The first kappa shape index (κ1) is 16.1. The first-order valence-electron chi connectivity index (χ1n) is 7.22. The number of amides is 1. The number of halogens is 2. The molecule has 0 saturated carbocycles. The Kier molecular flexibility index (Phi) is 4.30. The normalized spacial score (nSPS) is 13.4. The average Bonchev–Trinajstić information content (AvgIpc) is 2.57. The molecule has 0 spiro atoms. The number of aromatic nitrogens is 1. The van der Waals surface area contributed by atoms with E-state index in [0.717, 1.165) is 6.07 Å². The number of benzene rings is 1. The third-order valence-corrected chi connectivity index (χ3v) is 3.78. The maximum atomic E-state index is 13.6. The second-order valence-corrected chi connectivity index (χ2v) is 5.33. The third kappa shape index (κ3) is 3.00. The molecule has 126 valence electrons. The minimum atomic E-state index is -0.816. The number of carbonyl (C=O) groups excluding carboxylic acids is 1. The van der Waals surface area contributed by atoms with E-state index in [9.17, 15) is 23.5 Å². The molecule has 2 aromatic rings. The van der Waals surface area contributed by atoms with Crippen LogP contribution in [0.4, 0.5) is 8.78 Å². The van der Waals surface area contributed by atoms with E-state index < -0.39 is 28.7 Å². The molecule has 8 heteroatoms. The van der Waals surface area contributed by atoms with E-state index in [2.05, 4.69) is 5.32 Å². The molecule has 1 aromatic heterocycles. The molecular weight excluding hydrogens is 322 g/mol. The molecule has 0 saturated heterocycles. The third-order valence-electron chi connectivity index (χ3n) is 3.78. The van der Waals surface area contributed by atoms with Gasteiger partial charge in [-0.05, 0) is 6.07 Å². The van der Waals surface area contributed by atoms with E-state index in [1.54, 1.807) is 4.57 Å². The van der Waals surface area contributed by atoms with Crippen LogP contribution in [0.2, 0.25) is 0 Å². The van der Waals surface area contributed by atoms with Crippen molar-refractivity contribution in [1.82, 2.24) is 9.88 Å². The maximum Gasteiger partial charge on any atom is 0.257 e. The van der Waals surface area contributed by atoms with Crippen molar-refractivity contribution < 1.29 is 23.4 Å². The lowest BCUT2D eigenvalue weighted by Crippen LogP contribution is -2.31. The summed E-state index contributed by atoms with van der Waals surface area (Å²) in [5.41, 5.74) is -0.669. The largest absolute Gasteiger partial charge is 0.503 e. The van der Waals surface area contributed by atoms with Gasteiger partial charge < -0.3 is 19.7 Å². The molecule has 1 aliphatic heterocycles. The number of pyridine rings is 1. The zero-order valence-electron chi connectivity index (χ0n) is 12.5. The summed E-state index contributed by atoms with van der Waals surface area (Å²) >= 11 is 0. The SMILES string of the molecule is O=C(NCc1ccc(F)cc1F)c1cn2c(c(O)c1=O)COCC2. The quantitative estimate of drug-likeness (QED) is 0.885. The lowest BCUT2D eigenvalue weighted by Gasteiger charge is -2.21. The molecular formula is C16H14F2N2O4. The average molecular weight is 336 g/mol. The smallest absolute Gasteiger partial charge is 0.257 e. The number of rotatable bonds is 3. The van der Waals surface area contributed by atoms with E-state index in [4.69, 9.17) is 4.74 Å². The van der Waals surface area contributed by atoms with Crippen molar-refractivity contribution in [2.75, 3.05) is 6.61 Å². The first-order chi connectivity index (χ1) is 11.5. The summed E-state index contributed by atoms with van der Waals surface area (Å²) in [5, 5.41) is 12.3. The highest BCUT2D eigenvalue weighted by Crippen LogP contribution is 2.18. The number of hydrogen-bond acceptors (Lipinski definition) is 4. The fraction of sp³-hybridized carbons (Fsp3) is 0.250. The standard InChI is InChI=1S/C16H14F2N2O4/c17-10-2-1-9(12(18)5-10)6-19-16(23)11-7-20-3-4-24-8-13(20)15(22)14(11)21/h1-2,5,7,22H,3-4,6,8H2,(H,19,23). The minimum absolute atomic E-state index is 0.0837. The molecule has 2 N–H and O–H groups in total. The van der Waals surface area contributed by atoms with Gasteiger partial charge in [-0.2, -0.15) is 0 Å². The van der Waals surface area contributed by atoms with Gasteiger partial charge in [0.15, 0.2) is 5.75 Å². The lowest BCUT2D eigenvalue weighted by molar-refractivity contribution is 0.0801. The van der Waals surface area contributed by atoms with Crippen LogP contribution in [-0.2, 0) is 24.4 Å². The van der Waals surface area contributed by atoms with Crippen LogP contribution in [0.1, 0.15) is 21.6 Å². The molecule has 2 heterocycles. The fourth-order valence-corrected chi connectivity index (χ4v) is 2.47. The Labute approximate surface area is 135 Å². The second-order valence-electron chi connectivity index (χ2n) is 5.33. The molecule has 0 bridgehead atoms. The Morgan fingerprint density at radius 3 is 2.92 bits per heavy atom. The summed E-state index contributed by atoms with van der Waals surface area (Å²) in [4.78, 5) is 24.3. The summed E-state index contributed by atoms with van der Waals surface area (Å²) in [6.45, 7) is 0.674. The highest BCUT2D eigenvalue weighted by Gasteiger charge is 2.21.